The van der Waals surface area contributed by atoms with Gasteiger partial charge in [-0.3, -0.25) is 4.98 Å². The SMILES string of the molecule is Cc1ccc(O)c2c1C(C)CC2Nc1cccnc1. The van der Waals surface area contributed by atoms with Crippen molar-refractivity contribution in [3.8, 4) is 5.75 Å². The van der Waals surface area contributed by atoms with E-state index in [4.69, 9.17) is 0 Å². The van der Waals surface area contributed by atoms with Crippen LogP contribution in [0.25, 0.3) is 0 Å². The number of nitrogens with one attached hydrogen (secondary N) is 1. The zero-order chi connectivity index (χ0) is 13.4. The Labute approximate surface area is 113 Å². The number of hydrogen-bond donors (Lipinski definition) is 2. The van der Waals surface area contributed by atoms with Crippen LogP contribution in [0.3, 0.4) is 0 Å². The van der Waals surface area contributed by atoms with Gasteiger partial charge in [-0.1, -0.05) is 13.0 Å². The highest BCUT2D eigenvalue weighted by Gasteiger charge is 2.32. The van der Waals surface area contributed by atoms with E-state index in [0.29, 0.717) is 11.7 Å². The lowest BCUT2D eigenvalue weighted by atomic mass is 9.97. The van der Waals surface area contributed by atoms with Crippen LogP contribution in [-0.4, -0.2) is 10.1 Å². The fourth-order valence-electron chi connectivity index (χ4n) is 3.12. The second-order valence-electron chi connectivity index (χ2n) is 5.30. The molecule has 0 spiro atoms. The molecular weight excluding hydrogens is 236 g/mol. The molecule has 0 fully saturated rings. The summed E-state index contributed by atoms with van der Waals surface area (Å²) in [6.45, 7) is 4.33. The number of benzene rings is 1. The van der Waals surface area contributed by atoms with Crippen molar-refractivity contribution in [2.45, 2.75) is 32.2 Å². The van der Waals surface area contributed by atoms with Gasteiger partial charge in [0.15, 0.2) is 0 Å². The number of aromatic hydroxyl groups is 1. The van der Waals surface area contributed by atoms with E-state index >= 15 is 0 Å². The van der Waals surface area contributed by atoms with Crippen LogP contribution in [0.4, 0.5) is 5.69 Å². The summed E-state index contributed by atoms with van der Waals surface area (Å²) in [5, 5.41) is 13.6. The molecule has 0 saturated carbocycles. The molecule has 1 heterocycles. The van der Waals surface area contributed by atoms with Gasteiger partial charge in [0.05, 0.1) is 11.7 Å². The molecule has 19 heavy (non-hydrogen) atoms. The predicted octanol–water partition coefficient (Wildman–Crippen LogP) is 3.76. The minimum Gasteiger partial charge on any atom is -0.508 e. The number of fused-ring (bicyclic) bond motifs is 1. The Kier molecular flexibility index (Phi) is 2.90. The van der Waals surface area contributed by atoms with Gasteiger partial charge in [0.2, 0.25) is 0 Å². The topological polar surface area (TPSA) is 45.1 Å². The van der Waals surface area contributed by atoms with E-state index in [-0.39, 0.29) is 6.04 Å². The van der Waals surface area contributed by atoms with Gasteiger partial charge in [-0.05, 0) is 48.6 Å². The highest BCUT2D eigenvalue weighted by Crippen LogP contribution is 2.47. The van der Waals surface area contributed by atoms with Gasteiger partial charge in [0.1, 0.15) is 5.75 Å². The van der Waals surface area contributed by atoms with E-state index in [0.717, 1.165) is 17.7 Å². The summed E-state index contributed by atoms with van der Waals surface area (Å²) >= 11 is 0. The highest BCUT2D eigenvalue weighted by molar-refractivity contribution is 5.55. The van der Waals surface area contributed by atoms with Crippen LogP contribution < -0.4 is 5.32 Å². The lowest BCUT2D eigenvalue weighted by Crippen LogP contribution is -2.07. The Morgan fingerprint density at radius 2 is 2.11 bits per heavy atom. The third kappa shape index (κ3) is 2.05. The lowest BCUT2D eigenvalue weighted by Gasteiger charge is -2.16. The molecule has 3 nitrogen and oxygen atoms in total. The molecule has 2 atom stereocenters. The fraction of sp³-hybridized carbons (Fsp3) is 0.312. The monoisotopic (exact) mass is 254 g/mol. The number of anilines is 1. The minimum absolute atomic E-state index is 0.161. The van der Waals surface area contributed by atoms with Crippen molar-refractivity contribution in [1.82, 2.24) is 4.98 Å². The second kappa shape index (κ2) is 4.57. The summed E-state index contributed by atoms with van der Waals surface area (Å²) in [6, 6.07) is 7.87. The third-order valence-corrected chi connectivity index (χ3v) is 3.92. The molecule has 1 aliphatic carbocycles. The van der Waals surface area contributed by atoms with E-state index in [1.807, 2.05) is 24.4 Å². The average Bonchev–Trinajstić information content (AvgIpc) is 2.73. The van der Waals surface area contributed by atoms with Crippen LogP contribution in [-0.2, 0) is 0 Å². The maximum atomic E-state index is 10.2. The molecule has 1 aromatic heterocycles. The van der Waals surface area contributed by atoms with E-state index in [2.05, 4.69) is 24.1 Å². The van der Waals surface area contributed by atoms with Gasteiger partial charge >= 0.3 is 0 Å². The van der Waals surface area contributed by atoms with Crippen molar-refractivity contribution in [3.05, 3.63) is 53.3 Å². The Bertz CT molecular complexity index is 595. The van der Waals surface area contributed by atoms with Crippen LogP contribution in [0.5, 0.6) is 5.75 Å². The quantitative estimate of drug-likeness (QED) is 0.857. The van der Waals surface area contributed by atoms with Crippen LogP contribution in [0, 0.1) is 6.92 Å². The molecule has 2 unspecified atom stereocenters. The zero-order valence-electron chi connectivity index (χ0n) is 11.2. The largest absolute Gasteiger partial charge is 0.508 e. The molecule has 0 amide bonds. The van der Waals surface area contributed by atoms with Gasteiger partial charge in [-0.15, -0.1) is 0 Å². The van der Waals surface area contributed by atoms with Crippen LogP contribution in [0.2, 0.25) is 0 Å². The molecule has 1 aliphatic rings. The van der Waals surface area contributed by atoms with Crippen molar-refractivity contribution >= 4 is 5.69 Å². The first-order valence-electron chi connectivity index (χ1n) is 6.65. The Morgan fingerprint density at radius 3 is 2.84 bits per heavy atom. The van der Waals surface area contributed by atoms with Crippen molar-refractivity contribution in [1.29, 1.82) is 0 Å². The second-order valence-corrected chi connectivity index (χ2v) is 5.30. The molecule has 2 aromatic rings. The van der Waals surface area contributed by atoms with E-state index in [9.17, 15) is 5.11 Å². The molecule has 0 saturated heterocycles. The van der Waals surface area contributed by atoms with Crippen LogP contribution in [0.1, 0.15) is 42.0 Å². The normalized spacial score (nSPS) is 21.2. The number of rotatable bonds is 2. The van der Waals surface area contributed by atoms with Gasteiger partial charge in [0, 0.05) is 18.0 Å². The summed E-state index contributed by atoms with van der Waals surface area (Å²) in [6.07, 6.45) is 4.58. The molecule has 0 radical (unpaired) electrons. The van der Waals surface area contributed by atoms with Gasteiger partial charge in [0.25, 0.3) is 0 Å². The smallest absolute Gasteiger partial charge is 0.121 e. The van der Waals surface area contributed by atoms with E-state index in [1.54, 1.807) is 12.3 Å². The summed E-state index contributed by atoms with van der Waals surface area (Å²) in [7, 11) is 0. The number of phenols is 1. The van der Waals surface area contributed by atoms with Crippen LogP contribution in [0.15, 0.2) is 36.7 Å². The summed E-state index contributed by atoms with van der Waals surface area (Å²) in [5.74, 6) is 0.864. The standard InChI is InChI=1S/C16H18N2O/c1-10-5-6-14(19)16-13(8-11(2)15(10)16)18-12-4-3-7-17-9-12/h3-7,9,11,13,18-19H,8H2,1-2H3. The Hall–Kier alpha value is -2.03. The molecule has 3 rings (SSSR count). The number of aryl methyl sites for hydroxylation is 1. The average molecular weight is 254 g/mol. The lowest BCUT2D eigenvalue weighted by molar-refractivity contribution is 0.465. The van der Waals surface area contributed by atoms with Gasteiger partial charge < -0.3 is 10.4 Å². The molecule has 0 aliphatic heterocycles. The first-order valence-corrected chi connectivity index (χ1v) is 6.65. The minimum atomic E-state index is 0.161. The van der Waals surface area contributed by atoms with Crippen molar-refractivity contribution < 1.29 is 5.11 Å². The first-order chi connectivity index (χ1) is 9.16. The van der Waals surface area contributed by atoms with Crippen LogP contribution >= 0.6 is 0 Å². The van der Waals surface area contributed by atoms with Crippen molar-refractivity contribution in [3.63, 3.8) is 0 Å². The Morgan fingerprint density at radius 1 is 1.26 bits per heavy atom. The number of pyridine rings is 1. The van der Waals surface area contributed by atoms with E-state index < -0.39 is 0 Å². The summed E-state index contributed by atoms with van der Waals surface area (Å²) < 4.78 is 0. The molecule has 2 N–H and O–H groups in total. The third-order valence-electron chi connectivity index (χ3n) is 3.92. The van der Waals surface area contributed by atoms with E-state index in [1.165, 1.54) is 11.1 Å². The number of aromatic nitrogens is 1. The summed E-state index contributed by atoms with van der Waals surface area (Å²) in [5.41, 5.74) is 4.60. The number of nitrogens with zero attached hydrogens (tertiary/aromatic N) is 1. The molecule has 98 valence electrons. The zero-order valence-corrected chi connectivity index (χ0v) is 11.2. The van der Waals surface area contributed by atoms with Gasteiger partial charge in [-0.2, -0.15) is 0 Å². The number of phenolic OH excluding ortho intramolecular Hbond substituents is 1. The Balaban J connectivity index is 1.98. The van der Waals surface area contributed by atoms with Crippen molar-refractivity contribution in [2.24, 2.45) is 0 Å². The molecule has 0 bridgehead atoms. The molecular formula is C16H18N2O. The van der Waals surface area contributed by atoms with Gasteiger partial charge in [-0.25, -0.2) is 0 Å². The first kappa shape index (κ1) is 12.0. The van der Waals surface area contributed by atoms with Crippen molar-refractivity contribution in [2.75, 3.05) is 5.32 Å². The fourth-order valence-corrected chi connectivity index (χ4v) is 3.12. The predicted molar refractivity (Wildman–Crippen MR) is 76.5 cm³/mol. The maximum Gasteiger partial charge on any atom is 0.121 e. The summed E-state index contributed by atoms with van der Waals surface area (Å²) in [4.78, 5) is 4.12. The number of hydrogen-bond acceptors (Lipinski definition) is 3. The maximum absolute atomic E-state index is 10.2. The molecule has 1 aromatic carbocycles. The molecule has 3 heteroatoms. The highest BCUT2D eigenvalue weighted by atomic mass is 16.3.